The number of carbonyl (C=O) groups excluding carboxylic acids is 2. The molecule has 34 heavy (non-hydrogen) atoms. The number of morpholine rings is 1. The van der Waals surface area contributed by atoms with Crippen LogP contribution < -0.4 is 10.9 Å². The first kappa shape index (κ1) is 24.0. The number of ether oxygens (including phenoxy) is 2. The van der Waals surface area contributed by atoms with Gasteiger partial charge in [-0.3, -0.25) is 19.0 Å². The Morgan fingerprint density at radius 2 is 2.15 bits per heavy atom. The third-order valence-corrected chi connectivity index (χ3v) is 5.87. The number of hydrogen-bond donors (Lipinski definition) is 2. The molecule has 0 bridgehead atoms. The van der Waals surface area contributed by atoms with E-state index in [4.69, 9.17) is 9.47 Å². The fourth-order valence-electron chi connectivity index (χ4n) is 4.08. The third kappa shape index (κ3) is 4.85. The maximum Gasteiger partial charge on any atom is 0.291 e. The average molecular weight is 474 g/mol. The molecule has 11 heteroatoms. The smallest absolute Gasteiger partial charge is 0.291 e. The van der Waals surface area contributed by atoms with Gasteiger partial charge in [-0.25, -0.2) is 0 Å². The van der Waals surface area contributed by atoms with Crippen molar-refractivity contribution < 1.29 is 24.2 Å². The molecule has 11 nitrogen and oxygen atoms in total. The van der Waals surface area contributed by atoms with Gasteiger partial charge in [0, 0.05) is 37.9 Å². The summed E-state index contributed by atoms with van der Waals surface area (Å²) in [4.78, 5) is 40.4. The van der Waals surface area contributed by atoms with E-state index in [-0.39, 0.29) is 29.5 Å². The number of methoxy groups -OCH3 is 1. The molecule has 2 aliphatic rings. The number of amides is 2. The average Bonchev–Trinajstić information content (AvgIpc) is 3.51. The van der Waals surface area contributed by atoms with Gasteiger partial charge in [0.2, 0.25) is 11.8 Å². The minimum Gasteiger partial charge on any atom is -0.494 e. The Labute approximate surface area is 196 Å². The number of carbonyl (C=O) groups is 2. The molecule has 1 saturated carbocycles. The fourth-order valence-corrected chi connectivity index (χ4v) is 4.08. The maximum absolute atomic E-state index is 13.1. The van der Waals surface area contributed by atoms with E-state index in [0.717, 1.165) is 17.4 Å². The van der Waals surface area contributed by atoms with Crippen LogP contribution in [0.2, 0.25) is 0 Å². The van der Waals surface area contributed by atoms with Gasteiger partial charge in [-0.05, 0) is 24.8 Å². The van der Waals surface area contributed by atoms with Gasteiger partial charge in [-0.15, -0.1) is 0 Å². The zero-order chi connectivity index (χ0) is 24.4. The Balaban J connectivity index is 1.71. The Bertz CT molecular complexity index is 1160. The van der Waals surface area contributed by atoms with Crippen LogP contribution in [0.15, 0.2) is 17.1 Å². The number of nitrogens with one attached hydrogen (secondary N) is 1. The Hall–Kier alpha value is -3.18. The molecule has 2 aromatic rings. The van der Waals surface area contributed by atoms with Gasteiger partial charge in [0.05, 0.1) is 32.1 Å². The SMILES string of the molecule is COC[C@@H]1COCCN1C(=O)/C=C/c1cnn2c(=O)c(C(=O)NC3CC3)c(O)n(CC(C)C)c12. The summed E-state index contributed by atoms with van der Waals surface area (Å²) in [5, 5.41) is 17.9. The van der Waals surface area contributed by atoms with Gasteiger partial charge in [-0.2, -0.15) is 9.61 Å². The van der Waals surface area contributed by atoms with Crippen molar-refractivity contribution in [2.45, 2.75) is 45.3 Å². The Morgan fingerprint density at radius 1 is 1.38 bits per heavy atom. The highest BCUT2D eigenvalue weighted by Gasteiger charge is 2.30. The molecule has 1 aliphatic heterocycles. The molecular formula is C23H31N5O6. The van der Waals surface area contributed by atoms with Crippen molar-refractivity contribution in [1.29, 1.82) is 0 Å². The zero-order valence-electron chi connectivity index (χ0n) is 19.7. The molecule has 1 atom stereocenters. The number of nitrogens with zero attached hydrogens (tertiary/aromatic N) is 4. The van der Waals surface area contributed by atoms with Crippen LogP contribution in [0, 0.1) is 5.92 Å². The minimum absolute atomic E-state index is 0.0322. The standard InChI is InChI=1S/C23H31N5O6/c1-14(2)11-27-21-15(4-7-18(29)26-8-9-34-13-17(26)12-33-3)10-24-28(21)23(32)19(22(27)31)20(30)25-16-5-6-16/h4,7,10,14,16-17,31H,5-6,8-9,11-13H2,1-3H3,(H,25,30)/b7-4+/t17-/m1/s1. The summed E-state index contributed by atoms with van der Waals surface area (Å²) in [6, 6.07) is -0.152. The molecule has 184 valence electrons. The lowest BCUT2D eigenvalue weighted by molar-refractivity contribution is -0.136. The van der Waals surface area contributed by atoms with Crippen molar-refractivity contribution in [1.82, 2.24) is 24.4 Å². The van der Waals surface area contributed by atoms with Gasteiger partial charge in [0.15, 0.2) is 5.56 Å². The second-order valence-electron chi connectivity index (χ2n) is 9.14. The van der Waals surface area contributed by atoms with E-state index in [1.807, 2.05) is 13.8 Å². The van der Waals surface area contributed by atoms with E-state index >= 15 is 0 Å². The van der Waals surface area contributed by atoms with Crippen LogP contribution in [0.5, 0.6) is 5.88 Å². The van der Waals surface area contributed by atoms with Crippen LogP contribution >= 0.6 is 0 Å². The third-order valence-electron chi connectivity index (χ3n) is 5.87. The fraction of sp³-hybridized carbons (Fsp3) is 0.565. The summed E-state index contributed by atoms with van der Waals surface area (Å²) in [6.45, 7) is 5.93. The summed E-state index contributed by atoms with van der Waals surface area (Å²) >= 11 is 0. The molecule has 1 aliphatic carbocycles. The summed E-state index contributed by atoms with van der Waals surface area (Å²) < 4.78 is 13.3. The predicted octanol–water partition coefficient (Wildman–Crippen LogP) is 0.637. The van der Waals surface area contributed by atoms with Gasteiger partial charge >= 0.3 is 0 Å². The summed E-state index contributed by atoms with van der Waals surface area (Å²) in [7, 11) is 1.58. The molecular weight excluding hydrogens is 442 g/mol. The highest BCUT2D eigenvalue weighted by molar-refractivity contribution is 5.97. The van der Waals surface area contributed by atoms with Crippen molar-refractivity contribution in [2.24, 2.45) is 5.92 Å². The first-order valence-electron chi connectivity index (χ1n) is 11.5. The number of fused-ring (bicyclic) bond motifs is 1. The van der Waals surface area contributed by atoms with Gasteiger partial charge < -0.3 is 24.8 Å². The maximum atomic E-state index is 13.1. The van der Waals surface area contributed by atoms with Gasteiger partial charge in [0.25, 0.3) is 11.5 Å². The van der Waals surface area contributed by atoms with E-state index < -0.39 is 17.3 Å². The number of hydrogen-bond acceptors (Lipinski definition) is 7. The van der Waals surface area contributed by atoms with Crippen molar-refractivity contribution in [3.63, 3.8) is 0 Å². The zero-order valence-corrected chi connectivity index (χ0v) is 19.7. The summed E-state index contributed by atoms with van der Waals surface area (Å²) in [5.74, 6) is -1.12. The molecule has 0 spiro atoms. The lowest BCUT2D eigenvalue weighted by atomic mass is 10.2. The first-order valence-corrected chi connectivity index (χ1v) is 11.5. The Kier molecular flexibility index (Phi) is 7.03. The summed E-state index contributed by atoms with van der Waals surface area (Å²) in [6.07, 6.45) is 6.15. The molecule has 0 radical (unpaired) electrons. The van der Waals surface area contributed by atoms with Crippen LogP contribution in [0.25, 0.3) is 11.7 Å². The van der Waals surface area contributed by atoms with E-state index in [1.165, 1.54) is 16.8 Å². The number of aromatic nitrogens is 3. The minimum atomic E-state index is -0.704. The molecule has 2 fully saturated rings. The molecule has 2 N–H and O–H groups in total. The topological polar surface area (TPSA) is 127 Å². The van der Waals surface area contributed by atoms with Crippen LogP contribution in [-0.2, 0) is 20.8 Å². The molecule has 4 rings (SSSR count). The molecule has 0 aromatic carbocycles. The van der Waals surface area contributed by atoms with Crippen LogP contribution in [-0.4, -0.2) is 81.6 Å². The molecule has 2 aromatic heterocycles. The van der Waals surface area contributed by atoms with Crippen molar-refractivity contribution >= 4 is 23.5 Å². The molecule has 2 amide bonds. The van der Waals surface area contributed by atoms with E-state index in [9.17, 15) is 19.5 Å². The lowest BCUT2D eigenvalue weighted by Crippen LogP contribution is -2.50. The Morgan fingerprint density at radius 3 is 2.82 bits per heavy atom. The van der Waals surface area contributed by atoms with Crippen LogP contribution in [0.3, 0.4) is 0 Å². The number of rotatable bonds is 8. The van der Waals surface area contributed by atoms with E-state index in [1.54, 1.807) is 18.1 Å². The quantitative estimate of drug-likeness (QED) is 0.539. The van der Waals surface area contributed by atoms with Crippen molar-refractivity contribution in [2.75, 3.05) is 33.5 Å². The van der Waals surface area contributed by atoms with Crippen LogP contribution in [0.1, 0.15) is 42.6 Å². The molecule has 3 heterocycles. The largest absolute Gasteiger partial charge is 0.494 e. The molecule has 1 saturated heterocycles. The summed E-state index contributed by atoms with van der Waals surface area (Å²) in [5.41, 5.74) is -0.235. The monoisotopic (exact) mass is 473 g/mol. The normalized spacial score (nSPS) is 18.8. The molecule has 0 unspecified atom stereocenters. The van der Waals surface area contributed by atoms with E-state index in [0.29, 0.717) is 44.1 Å². The van der Waals surface area contributed by atoms with Gasteiger partial charge in [0.1, 0.15) is 5.65 Å². The van der Waals surface area contributed by atoms with Crippen molar-refractivity contribution in [3.05, 3.63) is 33.8 Å². The van der Waals surface area contributed by atoms with Gasteiger partial charge in [-0.1, -0.05) is 13.8 Å². The second kappa shape index (κ2) is 9.98. The van der Waals surface area contributed by atoms with Crippen molar-refractivity contribution in [3.8, 4) is 5.88 Å². The lowest BCUT2D eigenvalue weighted by Gasteiger charge is -2.34. The first-order chi connectivity index (χ1) is 16.3. The van der Waals surface area contributed by atoms with E-state index in [2.05, 4.69) is 10.4 Å². The second-order valence-corrected chi connectivity index (χ2v) is 9.14. The highest BCUT2D eigenvalue weighted by atomic mass is 16.5. The highest BCUT2D eigenvalue weighted by Crippen LogP contribution is 2.24. The number of aromatic hydroxyl groups is 1. The van der Waals surface area contributed by atoms with Crippen LogP contribution in [0.4, 0.5) is 0 Å². The predicted molar refractivity (Wildman–Crippen MR) is 124 cm³/mol.